The zero-order chi connectivity index (χ0) is 19.8. The van der Waals surface area contributed by atoms with Gasteiger partial charge in [0.05, 0.1) is 24.5 Å². The number of carbonyl (C=O) groups is 1. The van der Waals surface area contributed by atoms with Crippen LogP contribution < -0.4 is 0 Å². The summed E-state index contributed by atoms with van der Waals surface area (Å²) >= 11 is 0. The van der Waals surface area contributed by atoms with Crippen LogP contribution in [-0.4, -0.2) is 64.7 Å². The lowest BCUT2D eigenvalue weighted by Gasteiger charge is -2.32. The maximum absolute atomic E-state index is 11.0. The molecule has 0 unspecified atom stereocenters. The molecule has 1 aliphatic heterocycles. The van der Waals surface area contributed by atoms with Crippen LogP contribution in [-0.2, 0) is 4.74 Å². The molecule has 0 amide bonds. The second kappa shape index (κ2) is 11.5. The first-order chi connectivity index (χ1) is 13.7. The van der Waals surface area contributed by atoms with Gasteiger partial charge in [0.25, 0.3) is 0 Å². The molecule has 1 aromatic heterocycles. The van der Waals surface area contributed by atoms with Crippen molar-refractivity contribution in [1.82, 2.24) is 9.88 Å². The van der Waals surface area contributed by atoms with E-state index in [0.717, 1.165) is 32.5 Å². The van der Waals surface area contributed by atoms with Crippen LogP contribution in [0, 0.1) is 0 Å². The number of aromatic carboxylic acids is 1. The summed E-state index contributed by atoms with van der Waals surface area (Å²) in [7, 11) is 0. The van der Waals surface area contributed by atoms with Crippen molar-refractivity contribution in [1.29, 1.82) is 0 Å². The van der Waals surface area contributed by atoms with Crippen molar-refractivity contribution in [2.45, 2.75) is 18.8 Å². The van der Waals surface area contributed by atoms with E-state index in [9.17, 15) is 10.0 Å². The van der Waals surface area contributed by atoms with Crippen molar-refractivity contribution in [2.75, 3.05) is 32.8 Å². The molecule has 8 heteroatoms. The van der Waals surface area contributed by atoms with Gasteiger partial charge in [-0.25, -0.2) is 4.79 Å². The van der Waals surface area contributed by atoms with Gasteiger partial charge in [0.1, 0.15) is 5.71 Å². The largest absolute Gasteiger partial charge is 0.478 e. The van der Waals surface area contributed by atoms with Crippen LogP contribution in [0.1, 0.15) is 40.4 Å². The highest BCUT2D eigenvalue weighted by Crippen LogP contribution is 2.27. The molecule has 0 spiro atoms. The monoisotopic (exact) mass is 419 g/mol. The molecule has 1 aromatic carbocycles. The fraction of sp³-hybridized carbons (Fsp3) is 0.381. The van der Waals surface area contributed by atoms with Crippen LogP contribution in [0.2, 0.25) is 0 Å². The molecular formula is C21H26ClN3O4. The summed E-state index contributed by atoms with van der Waals surface area (Å²) in [5.41, 5.74) is 2.02. The Morgan fingerprint density at radius 3 is 2.59 bits per heavy atom. The van der Waals surface area contributed by atoms with Crippen molar-refractivity contribution >= 4 is 24.1 Å². The summed E-state index contributed by atoms with van der Waals surface area (Å²) in [6, 6.07) is 13.4. The van der Waals surface area contributed by atoms with E-state index in [1.54, 1.807) is 0 Å². The van der Waals surface area contributed by atoms with Gasteiger partial charge in [-0.1, -0.05) is 35.5 Å². The average molecular weight is 420 g/mol. The molecule has 29 heavy (non-hydrogen) atoms. The van der Waals surface area contributed by atoms with Gasteiger partial charge in [-0.3, -0.25) is 4.98 Å². The molecule has 0 saturated carbocycles. The zero-order valence-corrected chi connectivity index (χ0v) is 16.9. The fourth-order valence-electron chi connectivity index (χ4n) is 3.45. The minimum absolute atomic E-state index is 0. The first kappa shape index (κ1) is 22.8. The number of ether oxygens (including phenoxy) is 1. The molecule has 156 valence electrons. The minimum atomic E-state index is -1.05. The van der Waals surface area contributed by atoms with Gasteiger partial charge < -0.3 is 20.0 Å². The summed E-state index contributed by atoms with van der Waals surface area (Å²) in [4.78, 5) is 17.5. The molecule has 2 heterocycles. The quantitative estimate of drug-likeness (QED) is 0.295. The predicted octanol–water partition coefficient (Wildman–Crippen LogP) is 3.28. The number of carboxylic acid groups (broad SMARTS) is 1. The highest BCUT2D eigenvalue weighted by Gasteiger charge is 2.20. The highest BCUT2D eigenvalue weighted by molar-refractivity contribution is 6.01. The molecule has 2 aromatic rings. The average Bonchev–Trinajstić information content (AvgIpc) is 2.75. The molecule has 0 atom stereocenters. The van der Waals surface area contributed by atoms with E-state index in [2.05, 4.69) is 39.3 Å². The Morgan fingerprint density at radius 2 is 1.93 bits per heavy atom. The molecule has 3 rings (SSSR count). The number of rotatable bonds is 8. The summed E-state index contributed by atoms with van der Waals surface area (Å²) in [5.74, 6) is -0.431. The summed E-state index contributed by atoms with van der Waals surface area (Å²) in [6.07, 6.45) is 3.65. The van der Waals surface area contributed by atoms with Crippen LogP contribution in [0.25, 0.3) is 0 Å². The van der Waals surface area contributed by atoms with E-state index in [4.69, 9.17) is 9.84 Å². The van der Waals surface area contributed by atoms with Gasteiger partial charge >= 0.3 is 5.97 Å². The van der Waals surface area contributed by atoms with Gasteiger partial charge in [-0.05, 0) is 49.5 Å². The van der Waals surface area contributed by atoms with Gasteiger partial charge in [0.2, 0.25) is 0 Å². The number of benzene rings is 1. The molecule has 0 aliphatic carbocycles. The van der Waals surface area contributed by atoms with Crippen LogP contribution >= 0.6 is 12.4 Å². The van der Waals surface area contributed by atoms with Crippen LogP contribution in [0.15, 0.2) is 53.8 Å². The molecule has 2 N–H and O–H groups in total. The number of aromatic nitrogens is 1. The molecule has 0 bridgehead atoms. The first-order valence-corrected chi connectivity index (χ1v) is 9.43. The Kier molecular flexibility index (Phi) is 9.05. The number of likely N-dealkylation sites (tertiary alicyclic amines) is 1. The summed E-state index contributed by atoms with van der Waals surface area (Å²) in [6.45, 7) is 3.46. The van der Waals surface area contributed by atoms with Gasteiger partial charge in [0.15, 0.2) is 0 Å². The maximum atomic E-state index is 11.0. The SMILES string of the molecule is Cl.O=C(O)c1ccnc(/C(COCCN2CCC(c3ccccc3)CC2)=N/O)c1. The second-order valence-corrected chi connectivity index (χ2v) is 6.86. The number of halogens is 1. The van der Waals surface area contributed by atoms with Crippen LogP contribution in [0.3, 0.4) is 0 Å². The summed E-state index contributed by atoms with van der Waals surface area (Å²) < 4.78 is 5.64. The number of carboxylic acids is 1. The third-order valence-corrected chi connectivity index (χ3v) is 5.07. The Labute approximate surface area is 176 Å². The molecule has 0 radical (unpaired) electrons. The van der Waals surface area contributed by atoms with Crippen molar-refractivity contribution in [3.63, 3.8) is 0 Å². The molecule has 7 nitrogen and oxygen atoms in total. The van der Waals surface area contributed by atoms with E-state index in [1.807, 2.05) is 6.07 Å². The normalized spacial score (nSPS) is 15.7. The Balaban J connectivity index is 0.00000300. The number of nitrogens with zero attached hydrogens (tertiary/aromatic N) is 3. The fourth-order valence-corrected chi connectivity index (χ4v) is 3.45. The third-order valence-electron chi connectivity index (χ3n) is 5.07. The minimum Gasteiger partial charge on any atom is -0.478 e. The number of hydrogen-bond acceptors (Lipinski definition) is 6. The maximum Gasteiger partial charge on any atom is 0.335 e. The van der Waals surface area contributed by atoms with Crippen molar-refractivity contribution in [3.8, 4) is 0 Å². The lowest BCUT2D eigenvalue weighted by molar-refractivity contribution is 0.0696. The van der Waals surface area contributed by atoms with Gasteiger partial charge in [-0.2, -0.15) is 0 Å². The topological polar surface area (TPSA) is 95.3 Å². The second-order valence-electron chi connectivity index (χ2n) is 6.86. The lowest BCUT2D eigenvalue weighted by Crippen LogP contribution is -2.35. The zero-order valence-electron chi connectivity index (χ0n) is 16.1. The Hall–Kier alpha value is -2.48. The highest BCUT2D eigenvalue weighted by atomic mass is 35.5. The number of hydrogen-bond donors (Lipinski definition) is 2. The smallest absolute Gasteiger partial charge is 0.335 e. The van der Waals surface area contributed by atoms with Crippen molar-refractivity contribution < 1.29 is 19.8 Å². The molecule has 1 saturated heterocycles. The van der Waals surface area contributed by atoms with E-state index in [0.29, 0.717) is 18.2 Å². The number of oxime groups is 1. The Bertz CT molecular complexity index is 809. The Morgan fingerprint density at radius 1 is 1.21 bits per heavy atom. The van der Waals surface area contributed by atoms with Gasteiger partial charge in [0, 0.05) is 12.7 Å². The summed E-state index contributed by atoms with van der Waals surface area (Å²) in [5, 5.41) is 21.5. The van der Waals surface area contributed by atoms with E-state index < -0.39 is 5.97 Å². The first-order valence-electron chi connectivity index (χ1n) is 9.43. The number of piperidine rings is 1. The van der Waals surface area contributed by atoms with Crippen molar-refractivity contribution in [3.05, 3.63) is 65.5 Å². The van der Waals surface area contributed by atoms with E-state index in [-0.39, 0.29) is 30.3 Å². The predicted molar refractivity (Wildman–Crippen MR) is 112 cm³/mol. The standard InChI is InChI=1S/C21H25N3O4.ClH/c25-21(26)18-6-9-22-19(14-18)20(23-27)15-28-13-12-24-10-7-17(8-11-24)16-4-2-1-3-5-16;/h1-6,9,14,17,27H,7-8,10-13,15H2,(H,25,26);1H/b23-20+;. The van der Waals surface area contributed by atoms with Gasteiger partial charge in [-0.15, -0.1) is 12.4 Å². The lowest BCUT2D eigenvalue weighted by atomic mass is 9.89. The molecule has 1 aliphatic rings. The van der Waals surface area contributed by atoms with Crippen LogP contribution in [0.5, 0.6) is 0 Å². The third kappa shape index (κ3) is 6.52. The van der Waals surface area contributed by atoms with E-state index >= 15 is 0 Å². The molecular weight excluding hydrogens is 394 g/mol. The number of pyridine rings is 1. The molecule has 1 fully saturated rings. The van der Waals surface area contributed by atoms with Crippen LogP contribution in [0.4, 0.5) is 0 Å². The van der Waals surface area contributed by atoms with E-state index in [1.165, 1.54) is 23.9 Å². The van der Waals surface area contributed by atoms with Crippen molar-refractivity contribution in [2.24, 2.45) is 5.16 Å².